The number of sulfonamides is 1. The summed E-state index contributed by atoms with van der Waals surface area (Å²) >= 11 is 0. The molecule has 1 aliphatic carbocycles. The van der Waals surface area contributed by atoms with Crippen molar-refractivity contribution >= 4 is 45.9 Å². The standard InChI is InChI=1S/C19H37N5O3S.HI/c1-3-20-19(21-12-8-13-22-28(26,27)4-2)23-17-11-14-24(15-17)18(25)16-9-6-5-7-10-16;/h16-17,22H,3-15H2,1-2H3,(H2,20,21,23);1H. The third kappa shape index (κ3) is 9.37. The van der Waals surface area contributed by atoms with E-state index in [9.17, 15) is 13.2 Å². The van der Waals surface area contributed by atoms with Crippen molar-refractivity contribution in [2.24, 2.45) is 10.9 Å². The van der Waals surface area contributed by atoms with Crippen LogP contribution in [0.15, 0.2) is 4.99 Å². The number of aliphatic imine (C=N–C) groups is 1. The van der Waals surface area contributed by atoms with Crippen LogP contribution in [-0.4, -0.2) is 69.7 Å². The highest BCUT2D eigenvalue weighted by Gasteiger charge is 2.31. The third-order valence-electron chi connectivity index (χ3n) is 5.45. The number of halogens is 1. The zero-order valence-electron chi connectivity index (χ0n) is 17.8. The average Bonchev–Trinajstić information content (AvgIpc) is 3.16. The van der Waals surface area contributed by atoms with E-state index < -0.39 is 10.0 Å². The van der Waals surface area contributed by atoms with Gasteiger partial charge < -0.3 is 15.5 Å². The Balaban J connectivity index is 0.00000420. The summed E-state index contributed by atoms with van der Waals surface area (Å²) < 4.78 is 25.4. The van der Waals surface area contributed by atoms with Gasteiger partial charge in [0.15, 0.2) is 5.96 Å². The molecule has 1 saturated heterocycles. The molecule has 0 aromatic rings. The molecule has 1 amide bonds. The van der Waals surface area contributed by atoms with Gasteiger partial charge in [-0.25, -0.2) is 13.1 Å². The SMILES string of the molecule is CCNC(=NCCCNS(=O)(=O)CC)NC1CCN(C(=O)C2CCCCC2)C1.I. The lowest BCUT2D eigenvalue weighted by molar-refractivity contribution is -0.135. The van der Waals surface area contributed by atoms with Crippen molar-refractivity contribution in [1.82, 2.24) is 20.3 Å². The van der Waals surface area contributed by atoms with E-state index in [0.29, 0.717) is 25.4 Å². The normalized spacial score (nSPS) is 21.0. The van der Waals surface area contributed by atoms with Crippen LogP contribution in [0.1, 0.15) is 58.8 Å². The third-order valence-corrected chi connectivity index (χ3v) is 6.85. The summed E-state index contributed by atoms with van der Waals surface area (Å²) in [5.41, 5.74) is 0. The topological polar surface area (TPSA) is 103 Å². The molecule has 170 valence electrons. The largest absolute Gasteiger partial charge is 0.357 e. The molecule has 0 spiro atoms. The van der Waals surface area contributed by atoms with Crippen LogP contribution < -0.4 is 15.4 Å². The Kier molecular flexibility index (Phi) is 12.4. The summed E-state index contributed by atoms with van der Waals surface area (Å²) in [6.45, 7) is 6.87. The molecule has 2 aliphatic rings. The maximum atomic E-state index is 12.7. The number of carbonyl (C=O) groups is 1. The number of guanidine groups is 1. The summed E-state index contributed by atoms with van der Waals surface area (Å²) in [5, 5.41) is 6.66. The zero-order valence-corrected chi connectivity index (χ0v) is 20.9. The average molecular weight is 544 g/mol. The lowest BCUT2D eigenvalue weighted by Gasteiger charge is -2.26. The number of amides is 1. The molecule has 1 heterocycles. The van der Waals surface area contributed by atoms with E-state index in [-0.39, 0.29) is 41.7 Å². The highest BCUT2D eigenvalue weighted by atomic mass is 127. The summed E-state index contributed by atoms with van der Waals surface area (Å²) in [5.74, 6) is 1.38. The van der Waals surface area contributed by atoms with E-state index in [1.807, 2.05) is 11.8 Å². The van der Waals surface area contributed by atoms with Crippen LogP contribution in [0.5, 0.6) is 0 Å². The molecule has 1 unspecified atom stereocenters. The van der Waals surface area contributed by atoms with Crippen molar-refractivity contribution in [2.45, 2.75) is 64.8 Å². The first-order valence-electron chi connectivity index (χ1n) is 10.8. The maximum Gasteiger partial charge on any atom is 0.225 e. The quantitative estimate of drug-likeness (QED) is 0.178. The number of nitrogens with one attached hydrogen (secondary N) is 3. The minimum Gasteiger partial charge on any atom is -0.357 e. The van der Waals surface area contributed by atoms with Crippen molar-refractivity contribution in [3.63, 3.8) is 0 Å². The Morgan fingerprint density at radius 2 is 1.86 bits per heavy atom. The highest BCUT2D eigenvalue weighted by Crippen LogP contribution is 2.26. The smallest absolute Gasteiger partial charge is 0.225 e. The number of hydrogen-bond acceptors (Lipinski definition) is 4. The molecule has 8 nitrogen and oxygen atoms in total. The molecule has 0 radical (unpaired) electrons. The van der Waals surface area contributed by atoms with E-state index in [0.717, 1.165) is 44.9 Å². The Labute approximate surface area is 193 Å². The van der Waals surface area contributed by atoms with Crippen LogP contribution in [0.2, 0.25) is 0 Å². The van der Waals surface area contributed by atoms with Crippen LogP contribution in [0, 0.1) is 5.92 Å². The predicted octanol–water partition coefficient (Wildman–Crippen LogP) is 1.67. The van der Waals surface area contributed by atoms with Crippen LogP contribution in [0.25, 0.3) is 0 Å². The molecular weight excluding hydrogens is 505 g/mol. The van der Waals surface area contributed by atoms with Crippen LogP contribution >= 0.6 is 24.0 Å². The lowest BCUT2D eigenvalue weighted by Crippen LogP contribution is -2.45. The van der Waals surface area contributed by atoms with E-state index in [4.69, 9.17) is 0 Å². The molecular formula is C19H38IN5O3S. The fourth-order valence-corrected chi connectivity index (χ4v) is 4.46. The van der Waals surface area contributed by atoms with Crippen molar-refractivity contribution in [2.75, 3.05) is 38.5 Å². The molecule has 0 aromatic heterocycles. The Morgan fingerprint density at radius 3 is 2.52 bits per heavy atom. The Morgan fingerprint density at radius 1 is 1.14 bits per heavy atom. The van der Waals surface area contributed by atoms with Crippen molar-refractivity contribution in [3.8, 4) is 0 Å². The second-order valence-corrected chi connectivity index (χ2v) is 9.76. The number of carbonyl (C=O) groups excluding carboxylic acids is 1. The fraction of sp³-hybridized carbons (Fsp3) is 0.895. The van der Waals surface area contributed by atoms with Gasteiger partial charge in [0.25, 0.3) is 0 Å². The van der Waals surface area contributed by atoms with E-state index in [2.05, 4.69) is 20.3 Å². The van der Waals surface area contributed by atoms with Gasteiger partial charge in [-0.3, -0.25) is 9.79 Å². The molecule has 2 rings (SSSR count). The number of likely N-dealkylation sites (tertiary alicyclic amines) is 1. The lowest BCUT2D eigenvalue weighted by atomic mass is 9.88. The fourth-order valence-electron chi connectivity index (χ4n) is 3.80. The van der Waals surface area contributed by atoms with E-state index in [1.54, 1.807) is 6.92 Å². The molecule has 10 heteroatoms. The van der Waals surface area contributed by atoms with Gasteiger partial charge in [0.05, 0.1) is 5.75 Å². The van der Waals surface area contributed by atoms with Gasteiger partial charge in [0.1, 0.15) is 0 Å². The molecule has 1 atom stereocenters. The molecule has 2 fully saturated rings. The summed E-state index contributed by atoms with van der Waals surface area (Å²) in [6.07, 6.45) is 7.27. The predicted molar refractivity (Wildman–Crippen MR) is 128 cm³/mol. The number of hydrogen-bond donors (Lipinski definition) is 3. The minimum atomic E-state index is -3.14. The molecule has 0 bridgehead atoms. The second kappa shape index (κ2) is 13.6. The van der Waals surface area contributed by atoms with Gasteiger partial charge >= 0.3 is 0 Å². The number of nitrogens with zero attached hydrogens (tertiary/aromatic N) is 2. The number of rotatable bonds is 9. The monoisotopic (exact) mass is 543 g/mol. The highest BCUT2D eigenvalue weighted by molar-refractivity contribution is 14.0. The van der Waals surface area contributed by atoms with Crippen LogP contribution in [0.3, 0.4) is 0 Å². The first-order chi connectivity index (χ1) is 13.4. The van der Waals surface area contributed by atoms with Gasteiger partial charge in [-0.15, -0.1) is 24.0 Å². The van der Waals surface area contributed by atoms with Gasteiger partial charge in [0.2, 0.25) is 15.9 Å². The molecule has 29 heavy (non-hydrogen) atoms. The van der Waals surface area contributed by atoms with Crippen molar-refractivity contribution < 1.29 is 13.2 Å². The maximum absolute atomic E-state index is 12.7. The Bertz CT molecular complexity index is 623. The zero-order chi connectivity index (χ0) is 20.4. The second-order valence-electron chi connectivity index (χ2n) is 7.66. The van der Waals surface area contributed by atoms with E-state index in [1.165, 1.54) is 19.3 Å². The Hall–Kier alpha value is -0.620. The summed E-state index contributed by atoms with van der Waals surface area (Å²) in [7, 11) is -3.14. The first kappa shape index (κ1) is 26.4. The van der Waals surface area contributed by atoms with Crippen molar-refractivity contribution in [1.29, 1.82) is 0 Å². The first-order valence-corrected chi connectivity index (χ1v) is 12.4. The molecule has 3 N–H and O–H groups in total. The van der Waals surface area contributed by atoms with Crippen LogP contribution in [-0.2, 0) is 14.8 Å². The van der Waals surface area contributed by atoms with Gasteiger partial charge in [-0.1, -0.05) is 19.3 Å². The molecule has 1 aliphatic heterocycles. The van der Waals surface area contributed by atoms with Gasteiger partial charge in [0, 0.05) is 44.7 Å². The van der Waals surface area contributed by atoms with E-state index >= 15 is 0 Å². The molecule has 1 saturated carbocycles. The summed E-state index contributed by atoms with van der Waals surface area (Å²) in [4.78, 5) is 19.3. The van der Waals surface area contributed by atoms with Gasteiger partial charge in [-0.05, 0) is 39.5 Å². The molecule has 0 aromatic carbocycles. The van der Waals surface area contributed by atoms with Crippen LogP contribution in [0.4, 0.5) is 0 Å². The summed E-state index contributed by atoms with van der Waals surface area (Å²) in [6, 6.07) is 0.212. The van der Waals surface area contributed by atoms with Gasteiger partial charge in [-0.2, -0.15) is 0 Å². The minimum absolute atomic E-state index is 0. The van der Waals surface area contributed by atoms with Crippen molar-refractivity contribution in [3.05, 3.63) is 0 Å².